The summed E-state index contributed by atoms with van der Waals surface area (Å²) in [5.41, 5.74) is 0. The number of hydrogen-bond acceptors (Lipinski definition) is 2. The van der Waals surface area contributed by atoms with Crippen LogP contribution in [-0.4, -0.2) is 37.1 Å². The lowest BCUT2D eigenvalue weighted by Crippen LogP contribution is -2.36. The fraction of sp³-hybridized carbons (Fsp3) is 1.00. The molecule has 1 aliphatic carbocycles. The van der Waals surface area contributed by atoms with Crippen LogP contribution in [0.3, 0.4) is 0 Å². The number of nitrogens with zero attached hydrogens (tertiary/aromatic N) is 1. The Bertz CT molecular complexity index is 181. The molecule has 1 heterocycles. The van der Waals surface area contributed by atoms with Gasteiger partial charge in [-0.2, -0.15) is 0 Å². The molecule has 0 amide bonds. The third-order valence-electron chi connectivity index (χ3n) is 4.00. The fourth-order valence-corrected chi connectivity index (χ4v) is 2.77. The highest BCUT2D eigenvalue weighted by atomic mass is 15.1. The lowest BCUT2D eigenvalue weighted by atomic mass is 10.1. The molecule has 0 bridgehead atoms. The van der Waals surface area contributed by atoms with Crippen LogP contribution in [0.15, 0.2) is 0 Å². The molecule has 16 heavy (non-hydrogen) atoms. The molecule has 1 saturated heterocycles. The van der Waals surface area contributed by atoms with Gasteiger partial charge in [-0.1, -0.05) is 25.7 Å². The second-order valence-corrected chi connectivity index (χ2v) is 5.79. The van der Waals surface area contributed by atoms with E-state index in [0.717, 1.165) is 12.0 Å². The summed E-state index contributed by atoms with van der Waals surface area (Å²) in [6.45, 7) is 7.46. The Morgan fingerprint density at radius 2 is 1.81 bits per heavy atom. The van der Waals surface area contributed by atoms with Crippen LogP contribution in [0.2, 0.25) is 0 Å². The summed E-state index contributed by atoms with van der Waals surface area (Å²) >= 11 is 0. The standard InChI is InChI=1S/C14H28N2/c1-13(12-14-6-7-14)15-8-11-16-9-4-2-3-5-10-16/h13-15H,2-12H2,1H3. The van der Waals surface area contributed by atoms with E-state index in [1.165, 1.54) is 71.1 Å². The predicted octanol–water partition coefficient (Wildman–Crippen LogP) is 2.64. The summed E-state index contributed by atoms with van der Waals surface area (Å²) < 4.78 is 0. The van der Waals surface area contributed by atoms with Gasteiger partial charge in [-0.05, 0) is 45.2 Å². The SMILES string of the molecule is CC(CC1CC1)NCCN1CCCCCC1. The maximum Gasteiger partial charge on any atom is 0.0107 e. The van der Waals surface area contributed by atoms with Crippen molar-refractivity contribution < 1.29 is 0 Å². The highest BCUT2D eigenvalue weighted by Gasteiger charge is 2.23. The summed E-state index contributed by atoms with van der Waals surface area (Å²) in [6.07, 6.45) is 10.1. The average Bonchev–Trinajstić information content (AvgIpc) is 3.05. The first kappa shape index (κ1) is 12.4. The molecule has 1 aliphatic heterocycles. The molecule has 0 aromatic carbocycles. The second kappa shape index (κ2) is 6.61. The normalized spacial score (nSPS) is 25.3. The summed E-state index contributed by atoms with van der Waals surface area (Å²) in [6, 6.07) is 0.736. The molecule has 1 atom stereocenters. The van der Waals surface area contributed by atoms with Crippen molar-refractivity contribution in [2.24, 2.45) is 5.92 Å². The predicted molar refractivity (Wildman–Crippen MR) is 69.7 cm³/mol. The topological polar surface area (TPSA) is 15.3 Å². The van der Waals surface area contributed by atoms with Gasteiger partial charge in [-0.3, -0.25) is 0 Å². The Hall–Kier alpha value is -0.0800. The van der Waals surface area contributed by atoms with E-state index in [0.29, 0.717) is 0 Å². The van der Waals surface area contributed by atoms with Gasteiger partial charge in [0.1, 0.15) is 0 Å². The van der Waals surface area contributed by atoms with Gasteiger partial charge in [-0.25, -0.2) is 0 Å². The smallest absolute Gasteiger partial charge is 0.0107 e. The molecule has 2 aliphatic rings. The van der Waals surface area contributed by atoms with Crippen molar-refractivity contribution >= 4 is 0 Å². The average molecular weight is 224 g/mol. The van der Waals surface area contributed by atoms with Crippen LogP contribution in [0.1, 0.15) is 51.9 Å². The van der Waals surface area contributed by atoms with E-state index < -0.39 is 0 Å². The van der Waals surface area contributed by atoms with Crippen LogP contribution in [0, 0.1) is 5.92 Å². The Morgan fingerprint density at radius 1 is 1.12 bits per heavy atom. The Kier molecular flexibility index (Phi) is 5.11. The molecule has 2 fully saturated rings. The van der Waals surface area contributed by atoms with Gasteiger partial charge in [-0.15, -0.1) is 0 Å². The molecule has 2 nitrogen and oxygen atoms in total. The number of likely N-dealkylation sites (tertiary alicyclic amines) is 1. The van der Waals surface area contributed by atoms with Crippen LogP contribution in [0.4, 0.5) is 0 Å². The van der Waals surface area contributed by atoms with Gasteiger partial charge in [0.15, 0.2) is 0 Å². The third-order valence-corrected chi connectivity index (χ3v) is 4.00. The van der Waals surface area contributed by atoms with Gasteiger partial charge in [0.05, 0.1) is 0 Å². The zero-order chi connectivity index (χ0) is 11.2. The first-order chi connectivity index (χ1) is 7.84. The molecular formula is C14H28N2. The van der Waals surface area contributed by atoms with Gasteiger partial charge in [0, 0.05) is 19.1 Å². The summed E-state index contributed by atoms with van der Waals surface area (Å²) in [4.78, 5) is 2.64. The van der Waals surface area contributed by atoms with Crippen molar-refractivity contribution in [1.29, 1.82) is 0 Å². The third kappa shape index (κ3) is 4.84. The van der Waals surface area contributed by atoms with Crippen molar-refractivity contribution in [1.82, 2.24) is 10.2 Å². The quantitative estimate of drug-likeness (QED) is 0.746. The lowest BCUT2D eigenvalue weighted by molar-refractivity contribution is 0.278. The van der Waals surface area contributed by atoms with E-state index >= 15 is 0 Å². The minimum Gasteiger partial charge on any atom is -0.313 e. The van der Waals surface area contributed by atoms with Gasteiger partial charge < -0.3 is 10.2 Å². The van der Waals surface area contributed by atoms with Gasteiger partial charge in [0.25, 0.3) is 0 Å². The molecule has 94 valence electrons. The van der Waals surface area contributed by atoms with E-state index in [1.807, 2.05) is 0 Å². The van der Waals surface area contributed by atoms with Gasteiger partial charge >= 0.3 is 0 Å². The summed E-state index contributed by atoms with van der Waals surface area (Å²) in [5.74, 6) is 1.06. The van der Waals surface area contributed by atoms with E-state index in [9.17, 15) is 0 Å². The monoisotopic (exact) mass is 224 g/mol. The van der Waals surface area contributed by atoms with Crippen molar-refractivity contribution in [2.45, 2.75) is 57.9 Å². The van der Waals surface area contributed by atoms with Crippen molar-refractivity contribution in [2.75, 3.05) is 26.2 Å². The minimum absolute atomic E-state index is 0.736. The lowest BCUT2D eigenvalue weighted by Gasteiger charge is -2.21. The molecule has 1 saturated carbocycles. The molecule has 0 spiro atoms. The van der Waals surface area contributed by atoms with Crippen LogP contribution in [0.5, 0.6) is 0 Å². The van der Waals surface area contributed by atoms with Crippen molar-refractivity contribution in [3.63, 3.8) is 0 Å². The number of nitrogens with one attached hydrogen (secondary N) is 1. The zero-order valence-corrected chi connectivity index (χ0v) is 10.9. The van der Waals surface area contributed by atoms with Crippen LogP contribution < -0.4 is 5.32 Å². The van der Waals surface area contributed by atoms with E-state index in [2.05, 4.69) is 17.1 Å². The molecule has 1 unspecified atom stereocenters. The maximum atomic E-state index is 3.68. The largest absolute Gasteiger partial charge is 0.313 e. The fourth-order valence-electron chi connectivity index (χ4n) is 2.77. The molecule has 2 rings (SSSR count). The number of hydrogen-bond donors (Lipinski definition) is 1. The molecule has 0 radical (unpaired) electrons. The van der Waals surface area contributed by atoms with Crippen LogP contribution >= 0.6 is 0 Å². The minimum atomic E-state index is 0.736. The van der Waals surface area contributed by atoms with E-state index in [-0.39, 0.29) is 0 Å². The van der Waals surface area contributed by atoms with Crippen LogP contribution in [-0.2, 0) is 0 Å². The maximum absolute atomic E-state index is 3.68. The van der Waals surface area contributed by atoms with Crippen LogP contribution in [0.25, 0.3) is 0 Å². The number of rotatable bonds is 6. The van der Waals surface area contributed by atoms with E-state index in [1.54, 1.807) is 0 Å². The van der Waals surface area contributed by atoms with E-state index in [4.69, 9.17) is 0 Å². The zero-order valence-electron chi connectivity index (χ0n) is 10.9. The molecule has 0 aromatic heterocycles. The molecule has 2 heteroatoms. The summed E-state index contributed by atoms with van der Waals surface area (Å²) in [7, 11) is 0. The second-order valence-electron chi connectivity index (χ2n) is 5.79. The Labute approximate surface area is 101 Å². The summed E-state index contributed by atoms with van der Waals surface area (Å²) in [5, 5.41) is 3.68. The molecular weight excluding hydrogens is 196 g/mol. The van der Waals surface area contributed by atoms with Crippen molar-refractivity contribution in [3.8, 4) is 0 Å². The molecule has 0 aromatic rings. The highest BCUT2D eigenvalue weighted by Crippen LogP contribution is 2.33. The molecule has 1 N–H and O–H groups in total. The Morgan fingerprint density at radius 3 is 2.44 bits per heavy atom. The van der Waals surface area contributed by atoms with Crippen molar-refractivity contribution in [3.05, 3.63) is 0 Å². The highest BCUT2D eigenvalue weighted by molar-refractivity contribution is 4.78. The first-order valence-corrected chi connectivity index (χ1v) is 7.30. The van der Waals surface area contributed by atoms with Gasteiger partial charge in [0.2, 0.25) is 0 Å². The Balaban J connectivity index is 1.51. The first-order valence-electron chi connectivity index (χ1n) is 7.30.